The Morgan fingerprint density at radius 3 is 2.31 bits per heavy atom. The van der Waals surface area contributed by atoms with Gasteiger partial charge in [0.05, 0.1) is 0 Å². The number of nitrogens with one attached hydrogen (secondary N) is 1. The van der Waals surface area contributed by atoms with Crippen molar-refractivity contribution in [2.75, 3.05) is 13.6 Å². The molecule has 1 nitrogen and oxygen atoms in total. The lowest BCUT2D eigenvalue weighted by atomic mass is 10.0. The molecule has 1 aromatic rings. The van der Waals surface area contributed by atoms with E-state index in [1.54, 1.807) is 0 Å². The van der Waals surface area contributed by atoms with Crippen LogP contribution in [0, 0.1) is 5.92 Å². The van der Waals surface area contributed by atoms with Crippen LogP contribution in [-0.4, -0.2) is 13.6 Å². The molecule has 0 saturated carbocycles. The molecule has 0 amide bonds. The number of hydrogen-bond donors (Lipinski definition) is 1. The highest BCUT2D eigenvalue weighted by Crippen LogP contribution is 2.27. The van der Waals surface area contributed by atoms with Gasteiger partial charge in [0.2, 0.25) is 0 Å². The zero-order valence-corrected chi connectivity index (χ0v) is 11.4. The number of benzene rings is 1. The molecule has 0 aromatic heterocycles. The molecule has 1 aromatic carbocycles. The van der Waals surface area contributed by atoms with E-state index < -0.39 is 0 Å². The van der Waals surface area contributed by atoms with Crippen molar-refractivity contribution in [2.45, 2.75) is 13.8 Å². The van der Waals surface area contributed by atoms with Gasteiger partial charge in [0, 0.05) is 22.2 Å². The fraction of sp³-hybridized carbons (Fsp3) is 0.385. The summed E-state index contributed by atoms with van der Waals surface area (Å²) in [5.41, 5.74) is 2.20. The fourth-order valence-electron chi connectivity index (χ4n) is 1.46. The Kier molecular flexibility index (Phi) is 5.33. The van der Waals surface area contributed by atoms with Gasteiger partial charge in [-0.2, -0.15) is 0 Å². The van der Waals surface area contributed by atoms with E-state index in [0.717, 1.165) is 12.1 Å². The summed E-state index contributed by atoms with van der Waals surface area (Å²) in [5.74, 6) is 0.472. The van der Waals surface area contributed by atoms with Crippen LogP contribution < -0.4 is 5.32 Å². The standard InChI is InChI=1S/C13H17Cl2N/c1-9(2)10(8-16-3)7-11-12(14)5-4-6-13(11)15/h4-7,9,16H,8H2,1-3H3. The van der Waals surface area contributed by atoms with Crippen molar-refractivity contribution in [3.05, 3.63) is 39.4 Å². The summed E-state index contributed by atoms with van der Waals surface area (Å²) >= 11 is 12.3. The molecular formula is C13H17Cl2N. The van der Waals surface area contributed by atoms with Crippen molar-refractivity contribution < 1.29 is 0 Å². The summed E-state index contributed by atoms with van der Waals surface area (Å²) in [7, 11) is 1.93. The highest BCUT2D eigenvalue weighted by molar-refractivity contribution is 6.37. The average molecular weight is 258 g/mol. The first-order valence-corrected chi connectivity index (χ1v) is 6.11. The van der Waals surface area contributed by atoms with Crippen LogP contribution in [0.25, 0.3) is 6.08 Å². The Labute approximate surface area is 107 Å². The van der Waals surface area contributed by atoms with Gasteiger partial charge in [-0.3, -0.25) is 0 Å². The number of rotatable bonds is 4. The molecule has 0 radical (unpaired) electrons. The number of hydrogen-bond acceptors (Lipinski definition) is 1. The molecule has 0 fully saturated rings. The predicted molar refractivity (Wildman–Crippen MR) is 73.2 cm³/mol. The van der Waals surface area contributed by atoms with E-state index in [0.29, 0.717) is 16.0 Å². The van der Waals surface area contributed by atoms with Crippen molar-refractivity contribution in [3.8, 4) is 0 Å². The summed E-state index contributed by atoms with van der Waals surface area (Å²) in [5, 5.41) is 4.55. The molecule has 1 rings (SSSR count). The predicted octanol–water partition coefficient (Wildman–Crippen LogP) is 4.25. The van der Waals surface area contributed by atoms with Gasteiger partial charge in [-0.25, -0.2) is 0 Å². The normalized spacial score (nSPS) is 12.2. The van der Waals surface area contributed by atoms with E-state index >= 15 is 0 Å². The van der Waals surface area contributed by atoms with Crippen LogP contribution in [0.15, 0.2) is 23.8 Å². The summed E-state index contributed by atoms with van der Waals surface area (Å²) in [4.78, 5) is 0. The van der Waals surface area contributed by atoms with E-state index in [2.05, 4.69) is 25.2 Å². The topological polar surface area (TPSA) is 12.0 Å². The molecule has 0 atom stereocenters. The smallest absolute Gasteiger partial charge is 0.0493 e. The second kappa shape index (κ2) is 6.29. The molecule has 0 aliphatic heterocycles. The zero-order valence-electron chi connectivity index (χ0n) is 9.85. The van der Waals surface area contributed by atoms with Crippen LogP contribution >= 0.6 is 23.2 Å². The SMILES string of the molecule is CNCC(=Cc1c(Cl)cccc1Cl)C(C)C. The van der Waals surface area contributed by atoms with Gasteiger partial charge in [0.25, 0.3) is 0 Å². The van der Waals surface area contributed by atoms with Crippen LogP contribution in [0.2, 0.25) is 10.0 Å². The van der Waals surface area contributed by atoms with Gasteiger partial charge in [0.1, 0.15) is 0 Å². The Morgan fingerprint density at radius 2 is 1.88 bits per heavy atom. The van der Waals surface area contributed by atoms with Crippen molar-refractivity contribution in [1.29, 1.82) is 0 Å². The molecule has 0 heterocycles. The molecule has 88 valence electrons. The average Bonchev–Trinajstić information content (AvgIpc) is 2.21. The minimum absolute atomic E-state index is 0.472. The third-order valence-corrected chi connectivity index (χ3v) is 3.11. The van der Waals surface area contributed by atoms with Crippen molar-refractivity contribution in [2.24, 2.45) is 5.92 Å². The first-order valence-electron chi connectivity index (χ1n) is 5.35. The van der Waals surface area contributed by atoms with E-state index in [9.17, 15) is 0 Å². The van der Waals surface area contributed by atoms with Gasteiger partial charge in [-0.05, 0) is 25.1 Å². The van der Waals surface area contributed by atoms with E-state index in [-0.39, 0.29) is 0 Å². The van der Waals surface area contributed by atoms with Crippen molar-refractivity contribution in [3.63, 3.8) is 0 Å². The highest BCUT2D eigenvalue weighted by atomic mass is 35.5. The molecule has 0 spiro atoms. The quantitative estimate of drug-likeness (QED) is 0.851. The largest absolute Gasteiger partial charge is 0.316 e. The molecule has 3 heteroatoms. The second-order valence-electron chi connectivity index (χ2n) is 4.04. The van der Waals surface area contributed by atoms with Crippen molar-refractivity contribution >= 4 is 29.3 Å². The number of likely N-dealkylation sites (N-methyl/N-ethyl adjacent to an activating group) is 1. The molecule has 1 N–H and O–H groups in total. The van der Waals surface area contributed by atoms with Gasteiger partial charge in [-0.1, -0.05) is 54.8 Å². The van der Waals surface area contributed by atoms with Crippen LogP contribution in [0.4, 0.5) is 0 Å². The zero-order chi connectivity index (χ0) is 12.1. The highest BCUT2D eigenvalue weighted by Gasteiger charge is 2.07. The fourth-order valence-corrected chi connectivity index (χ4v) is 1.97. The maximum absolute atomic E-state index is 6.13. The third kappa shape index (κ3) is 3.51. The third-order valence-electron chi connectivity index (χ3n) is 2.45. The Morgan fingerprint density at radius 1 is 1.31 bits per heavy atom. The van der Waals surface area contributed by atoms with Gasteiger partial charge < -0.3 is 5.32 Å². The summed E-state index contributed by atoms with van der Waals surface area (Å²) in [6, 6.07) is 5.57. The minimum atomic E-state index is 0.472. The molecule has 16 heavy (non-hydrogen) atoms. The molecule has 0 saturated heterocycles. The monoisotopic (exact) mass is 257 g/mol. The molecule has 0 bridgehead atoms. The maximum atomic E-state index is 6.13. The lowest BCUT2D eigenvalue weighted by Gasteiger charge is -2.12. The lowest BCUT2D eigenvalue weighted by Crippen LogP contribution is -2.13. The summed E-state index contributed by atoms with van der Waals surface area (Å²) < 4.78 is 0. The minimum Gasteiger partial charge on any atom is -0.316 e. The first kappa shape index (κ1) is 13.6. The van der Waals surface area contributed by atoms with Crippen LogP contribution in [0.5, 0.6) is 0 Å². The summed E-state index contributed by atoms with van der Waals surface area (Å²) in [6.07, 6.45) is 2.08. The van der Waals surface area contributed by atoms with Crippen molar-refractivity contribution in [1.82, 2.24) is 5.32 Å². The molecule has 0 aliphatic carbocycles. The van der Waals surface area contributed by atoms with Crippen LogP contribution in [0.1, 0.15) is 19.4 Å². The van der Waals surface area contributed by atoms with E-state index in [1.165, 1.54) is 5.57 Å². The van der Waals surface area contributed by atoms with Gasteiger partial charge >= 0.3 is 0 Å². The van der Waals surface area contributed by atoms with Gasteiger partial charge in [0.15, 0.2) is 0 Å². The Balaban J connectivity index is 3.12. The molecule has 0 aliphatic rings. The first-order chi connectivity index (χ1) is 7.56. The van der Waals surface area contributed by atoms with Crippen LogP contribution in [0.3, 0.4) is 0 Å². The second-order valence-corrected chi connectivity index (χ2v) is 4.85. The van der Waals surface area contributed by atoms with Gasteiger partial charge in [-0.15, -0.1) is 0 Å². The molecule has 0 unspecified atom stereocenters. The summed E-state index contributed by atoms with van der Waals surface area (Å²) in [6.45, 7) is 5.17. The maximum Gasteiger partial charge on any atom is 0.0493 e. The Bertz CT molecular complexity index is 363. The van der Waals surface area contributed by atoms with Crippen LogP contribution in [-0.2, 0) is 0 Å². The molecular weight excluding hydrogens is 241 g/mol. The lowest BCUT2D eigenvalue weighted by molar-refractivity contribution is 0.713. The Hall–Kier alpha value is -0.500. The van der Waals surface area contributed by atoms with E-state index in [1.807, 2.05) is 25.2 Å². The number of halogens is 2. The van der Waals surface area contributed by atoms with E-state index in [4.69, 9.17) is 23.2 Å².